The van der Waals surface area contributed by atoms with Crippen molar-refractivity contribution in [3.05, 3.63) is 54.6 Å². The van der Waals surface area contributed by atoms with Crippen molar-refractivity contribution in [3.63, 3.8) is 0 Å². The fourth-order valence-corrected chi connectivity index (χ4v) is 2.69. The number of nitrogens with zero attached hydrogens (tertiary/aromatic N) is 2. The molecule has 0 saturated carbocycles. The molecular weight excluding hydrogens is 349 g/mol. The van der Waals surface area contributed by atoms with Crippen LogP contribution in [0.1, 0.15) is 6.42 Å². The standard InChI is InChI=1S/C20H18FN3O3/c21-16-5-7-17(8-6-16)24-14-15(12-19(24)25)20(26)23-10-1-2-11-27-18-4-3-9-22-13-18/h3-9,13,15H,10-12,14H2,(H,23,26). The predicted octanol–water partition coefficient (Wildman–Crippen LogP) is 1.77. The topological polar surface area (TPSA) is 71.5 Å². The number of aromatic nitrogens is 1. The average molecular weight is 367 g/mol. The van der Waals surface area contributed by atoms with Crippen molar-refractivity contribution in [3.8, 4) is 17.6 Å². The number of halogens is 1. The highest BCUT2D eigenvalue weighted by atomic mass is 19.1. The average Bonchev–Trinajstić information content (AvgIpc) is 3.07. The zero-order chi connectivity index (χ0) is 19.1. The molecule has 1 N–H and O–H groups in total. The molecule has 1 saturated heterocycles. The summed E-state index contributed by atoms with van der Waals surface area (Å²) in [6.45, 7) is 0.645. The van der Waals surface area contributed by atoms with Crippen LogP contribution in [-0.2, 0) is 9.59 Å². The normalized spacial score (nSPS) is 15.8. The summed E-state index contributed by atoms with van der Waals surface area (Å²) < 4.78 is 18.4. The monoisotopic (exact) mass is 367 g/mol. The van der Waals surface area contributed by atoms with Crippen LogP contribution in [0.25, 0.3) is 0 Å². The molecule has 0 radical (unpaired) electrons. The summed E-state index contributed by atoms with van der Waals surface area (Å²) in [5, 5.41) is 2.71. The lowest BCUT2D eigenvalue weighted by molar-refractivity contribution is -0.126. The van der Waals surface area contributed by atoms with Gasteiger partial charge in [-0.1, -0.05) is 11.8 Å². The maximum Gasteiger partial charge on any atom is 0.227 e. The molecule has 3 rings (SSSR count). The number of carbonyl (C=O) groups is 2. The fraction of sp³-hybridized carbons (Fsp3) is 0.250. The number of nitrogens with one attached hydrogen (secondary N) is 1. The zero-order valence-corrected chi connectivity index (χ0v) is 14.5. The lowest BCUT2D eigenvalue weighted by Gasteiger charge is -2.16. The van der Waals surface area contributed by atoms with Gasteiger partial charge in [-0.05, 0) is 36.4 Å². The third-order valence-corrected chi connectivity index (χ3v) is 4.06. The Hall–Kier alpha value is -3.40. The summed E-state index contributed by atoms with van der Waals surface area (Å²) >= 11 is 0. The smallest absolute Gasteiger partial charge is 0.227 e. The minimum absolute atomic E-state index is 0.126. The molecule has 0 spiro atoms. The van der Waals surface area contributed by atoms with E-state index in [0.717, 1.165) is 0 Å². The molecule has 27 heavy (non-hydrogen) atoms. The van der Waals surface area contributed by atoms with Crippen molar-refractivity contribution < 1.29 is 18.7 Å². The number of anilines is 1. The summed E-state index contributed by atoms with van der Waals surface area (Å²) in [7, 11) is 0. The molecular formula is C20H18FN3O3. The van der Waals surface area contributed by atoms with Crippen LogP contribution < -0.4 is 15.0 Å². The lowest BCUT2D eigenvalue weighted by Crippen LogP contribution is -2.33. The van der Waals surface area contributed by atoms with E-state index in [2.05, 4.69) is 22.1 Å². The predicted molar refractivity (Wildman–Crippen MR) is 97.4 cm³/mol. The molecule has 1 atom stereocenters. The Morgan fingerprint density at radius 3 is 2.85 bits per heavy atom. The van der Waals surface area contributed by atoms with Crippen LogP contribution >= 0.6 is 0 Å². The van der Waals surface area contributed by atoms with Crippen LogP contribution in [-0.4, -0.2) is 36.5 Å². The number of rotatable bonds is 5. The second-order valence-electron chi connectivity index (χ2n) is 5.93. The third-order valence-electron chi connectivity index (χ3n) is 4.06. The van der Waals surface area contributed by atoms with Crippen molar-refractivity contribution in [1.82, 2.24) is 10.3 Å². The molecule has 2 heterocycles. The molecule has 2 amide bonds. The van der Waals surface area contributed by atoms with Crippen LogP contribution in [0.15, 0.2) is 48.8 Å². The van der Waals surface area contributed by atoms with Crippen LogP contribution in [0.2, 0.25) is 0 Å². The van der Waals surface area contributed by atoms with Gasteiger partial charge in [-0.2, -0.15) is 0 Å². The van der Waals surface area contributed by atoms with Crippen LogP contribution in [0.3, 0.4) is 0 Å². The van der Waals surface area contributed by atoms with E-state index in [1.165, 1.54) is 29.2 Å². The number of carbonyl (C=O) groups excluding carboxylic acids is 2. The number of hydrogen-bond donors (Lipinski definition) is 1. The van der Waals surface area contributed by atoms with Crippen molar-refractivity contribution in [2.24, 2.45) is 5.92 Å². The van der Waals surface area contributed by atoms with Gasteiger partial charge in [-0.3, -0.25) is 14.6 Å². The Labute approximate surface area is 156 Å². The molecule has 7 heteroatoms. The number of pyridine rings is 1. The minimum Gasteiger partial charge on any atom is -0.479 e. The van der Waals surface area contributed by atoms with E-state index in [-0.39, 0.29) is 43.7 Å². The van der Waals surface area contributed by atoms with Gasteiger partial charge in [0.05, 0.1) is 18.7 Å². The van der Waals surface area contributed by atoms with Gasteiger partial charge >= 0.3 is 0 Å². The maximum absolute atomic E-state index is 13.0. The van der Waals surface area contributed by atoms with Gasteiger partial charge in [0.25, 0.3) is 0 Å². The second kappa shape index (κ2) is 8.81. The Morgan fingerprint density at radius 2 is 2.11 bits per heavy atom. The number of benzene rings is 1. The van der Waals surface area contributed by atoms with Gasteiger partial charge < -0.3 is 15.0 Å². The summed E-state index contributed by atoms with van der Waals surface area (Å²) in [6, 6.07) is 9.18. The van der Waals surface area contributed by atoms with Gasteiger partial charge in [0.1, 0.15) is 18.2 Å². The summed E-state index contributed by atoms with van der Waals surface area (Å²) in [5.41, 5.74) is 0.587. The number of ether oxygens (including phenoxy) is 1. The van der Waals surface area contributed by atoms with Crippen LogP contribution in [0.5, 0.6) is 5.75 Å². The van der Waals surface area contributed by atoms with E-state index >= 15 is 0 Å². The highest BCUT2D eigenvalue weighted by Gasteiger charge is 2.34. The van der Waals surface area contributed by atoms with Crippen molar-refractivity contribution in [2.45, 2.75) is 6.42 Å². The Morgan fingerprint density at radius 1 is 1.30 bits per heavy atom. The van der Waals surface area contributed by atoms with Gasteiger partial charge in [0, 0.05) is 24.8 Å². The molecule has 2 aromatic rings. The molecule has 0 bridgehead atoms. The van der Waals surface area contributed by atoms with E-state index in [9.17, 15) is 14.0 Å². The van der Waals surface area contributed by atoms with Gasteiger partial charge in [0.15, 0.2) is 0 Å². The molecule has 1 unspecified atom stereocenters. The van der Waals surface area contributed by atoms with Gasteiger partial charge in [0.2, 0.25) is 11.8 Å². The molecule has 138 valence electrons. The summed E-state index contributed by atoms with van der Waals surface area (Å²) in [6.07, 6.45) is 3.37. The number of amides is 2. The lowest BCUT2D eigenvalue weighted by atomic mass is 10.1. The van der Waals surface area contributed by atoms with Gasteiger partial charge in [-0.25, -0.2) is 4.39 Å². The SMILES string of the molecule is O=C(NCC#CCOc1cccnc1)C1CC(=O)N(c2ccc(F)cc2)C1. The van der Waals surface area contributed by atoms with Crippen molar-refractivity contribution in [2.75, 3.05) is 24.6 Å². The van der Waals surface area contributed by atoms with E-state index in [4.69, 9.17) is 4.74 Å². The first-order valence-corrected chi connectivity index (χ1v) is 8.45. The van der Waals surface area contributed by atoms with Gasteiger partial charge in [-0.15, -0.1) is 0 Å². The van der Waals surface area contributed by atoms with E-state index in [1.807, 2.05) is 0 Å². The molecule has 6 nitrogen and oxygen atoms in total. The Bertz CT molecular complexity index is 860. The Balaban J connectivity index is 1.43. The van der Waals surface area contributed by atoms with E-state index in [1.54, 1.807) is 24.5 Å². The molecule has 1 aliphatic rings. The van der Waals surface area contributed by atoms with Crippen LogP contribution in [0, 0.1) is 23.6 Å². The van der Waals surface area contributed by atoms with E-state index < -0.39 is 5.92 Å². The minimum atomic E-state index is -0.448. The van der Waals surface area contributed by atoms with Crippen molar-refractivity contribution >= 4 is 17.5 Å². The highest BCUT2D eigenvalue weighted by molar-refractivity contribution is 6.00. The largest absolute Gasteiger partial charge is 0.479 e. The first-order valence-electron chi connectivity index (χ1n) is 8.45. The molecule has 1 aromatic heterocycles. The molecule has 1 aromatic carbocycles. The fourth-order valence-electron chi connectivity index (χ4n) is 2.69. The summed E-state index contributed by atoms with van der Waals surface area (Å²) in [4.78, 5) is 29.8. The zero-order valence-electron chi connectivity index (χ0n) is 14.5. The first kappa shape index (κ1) is 18.4. The molecule has 1 aliphatic heterocycles. The maximum atomic E-state index is 13.0. The second-order valence-corrected chi connectivity index (χ2v) is 5.93. The van der Waals surface area contributed by atoms with Crippen molar-refractivity contribution in [1.29, 1.82) is 0 Å². The summed E-state index contributed by atoms with van der Waals surface area (Å²) in [5.74, 6) is 5.03. The first-order chi connectivity index (χ1) is 13.1. The van der Waals surface area contributed by atoms with Crippen LogP contribution in [0.4, 0.5) is 10.1 Å². The molecule has 1 fully saturated rings. The third kappa shape index (κ3) is 5.05. The van der Waals surface area contributed by atoms with E-state index in [0.29, 0.717) is 11.4 Å². The Kier molecular flexibility index (Phi) is 6.00. The molecule has 0 aliphatic carbocycles. The highest BCUT2D eigenvalue weighted by Crippen LogP contribution is 2.25. The number of hydrogen-bond acceptors (Lipinski definition) is 4. The quantitative estimate of drug-likeness (QED) is 0.818.